The van der Waals surface area contributed by atoms with Gasteiger partial charge < -0.3 is 14.2 Å². The normalized spacial score (nSPS) is 19.2. The van der Waals surface area contributed by atoms with Gasteiger partial charge >= 0.3 is 0 Å². The zero-order valence-corrected chi connectivity index (χ0v) is 18.3. The number of benzene rings is 3. The molecule has 0 N–H and O–H groups in total. The van der Waals surface area contributed by atoms with Crippen LogP contribution in [0.1, 0.15) is 46.5 Å². The van der Waals surface area contributed by atoms with Crippen LogP contribution in [0.25, 0.3) is 0 Å². The van der Waals surface area contributed by atoms with Crippen LogP contribution in [0.2, 0.25) is 0 Å². The van der Waals surface area contributed by atoms with E-state index in [2.05, 4.69) is 49.2 Å². The molecule has 0 radical (unpaired) electrons. The van der Waals surface area contributed by atoms with Crippen LogP contribution in [0.15, 0.2) is 65.8 Å². The Morgan fingerprint density at radius 2 is 1.74 bits per heavy atom. The van der Waals surface area contributed by atoms with Crippen LogP contribution in [0.3, 0.4) is 0 Å². The van der Waals surface area contributed by atoms with E-state index in [0.717, 1.165) is 23.4 Å². The summed E-state index contributed by atoms with van der Waals surface area (Å²) in [4.78, 5) is 0. The fourth-order valence-electron chi connectivity index (χ4n) is 4.56. The van der Waals surface area contributed by atoms with E-state index in [9.17, 15) is 0 Å². The highest BCUT2D eigenvalue weighted by Gasteiger charge is 2.41. The van der Waals surface area contributed by atoms with Crippen molar-refractivity contribution < 1.29 is 14.2 Å². The molecule has 5 nitrogen and oxygen atoms in total. The molecule has 0 saturated heterocycles. The van der Waals surface area contributed by atoms with Gasteiger partial charge in [-0.3, -0.25) is 0 Å². The molecule has 158 valence electrons. The summed E-state index contributed by atoms with van der Waals surface area (Å²) in [5.74, 6) is 2.28. The maximum absolute atomic E-state index is 6.46. The lowest BCUT2D eigenvalue weighted by Gasteiger charge is -2.38. The number of nitrogens with zero attached hydrogens (tertiary/aromatic N) is 2. The summed E-state index contributed by atoms with van der Waals surface area (Å²) in [6.07, 6.45) is 0.497. The summed E-state index contributed by atoms with van der Waals surface area (Å²) in [6.45, 7) is 4.27. The second kappa shape index (κ2) is 7.65. The number of ether oxygens (including phenoxy) is 3. The average Bonchev–Trinajstić information content (AvgIpc) is 3.23. The minimum absolute atomic E-state index is 0.124. The lowest BCUT2D eigenvalue weighted by atomic mass is 9.94. The molecule has 0 fully saturated rings. The highest BCUT2D eigenvalue weighted by Crippen LogP contribution is 2.48. The summed E-state index contributed by atoms with van der Waals surface area (Å²) in [5.41, 5.74) is 6.94. The molecule has 0 spiro atoms. The molecule has 3 aromatic carbocycles. The van der Waals surface area contributed by atoms with Gasteiger partial charge in [0, 0.05) is 23.1 Å². The maximum atomic E-state index is 6.46. The Labute approximate surface area is 182 Å². The Balaban J connectivity index is 1.60. The molecular weight excluding hydrogens is 388 g/mol. The number of para-hydroxylation sites is 1. The van der Waals surface area contributed by atoms with E-state index in [0.29, 0.717) is 11.5 Å². The van der Waals surface area contributed by atoms with Crippen molar-refractivity contribution in [2.24, 2.45) is 5.10 Å². The van der Waals surface area contributed by atoms with Crippen molar-refractivity contribution >= 4 is 5.71 Å². The summed E-state index contributed by atoms with van der Waals surface area (Å²) >= 11 is 0. The number of hydrogen-bond acceptors (Lipinski definition) is 5. The van der Waals surface area contributed by atoms with Crippen LogP contribution in [-0.4, -0.2) is 24.9 Å². The van der Waals surface area contributed by atoms with E-state index < -0.39 is 0 Å². The third-order valence-electron chi connectivity index (χ3n) is 6.08. The smallest absolute Gasteiger partial charge is 0.214 e. The molecule has 0 saturated carbocycles. The summed E-state index contributed by atoms with van der Waals surface area (Å²) in [5, 5.41) is 7.17. The van der Waals surface area contributed by atoms with Crippen molar-refractivity contribution in [1.29, 1.82) is 0 Å². The second-order valence-corrected chi connectivity index (χ2v) is 8.09. The number of rotatable bonds is 4. The Kier molecular flexibility index (Phi) is 4.81. The van der Waals surface area contributed by atoms with Crippen molar-refractivity contribution in [2.45, 2.75) is 32.5 Å². The van der Waals surface area contributed by atoms with Crippen molar-refractivity contribution in [3.63, 3.8) is 0 Å². The first-order chi connectivity index (χ1) is 15.1. The number of hydrogen-bond donors (Lipinski definition) is 0. The molecule has 5 heteroatoms. The SMILES string of the molecule is COc1ccc(C2Oc3ccccc3C3CC(c4ccc(C)cc4C)=NN32)cc1OC. The standard InChI is InChI=1S/C26H26N2O3/c1-16-9-11-19(17(2)13-16)21-15-22-20-7-5-6-8-23(20)31-26(28(22)27-21)18-10-12-24(29-3)25(14-18)30-4/h5-14,22,26H,15H2,1-4H3. The molecule has 2 unspecified atom stereocenters. The Hall–Kier alpha value is -3.47. The van der Waals surface area contributed by atoms with E-state index in [4.69, 9.17) is 19.3 Å². The van der Waals surface area contributed by atoms with Gasteiger partial charge in [-0.15, -0.1) is 0 Å². The molecule has 31 heavy (non-hydrogen) atoms. The molecule has 5 rings (SSSR count). The lowest BCUT2D eigenvalue weighted by Crippen LogP contribution is -2.33. The molecule has 2 aliphatic heterocycles. The van der Waals surface area contributed by atoms with Gasteiger partial charge in [0.15, 0.2) is 11.5 Å². The van der Waals surface area contributed by atoms with Gasteiger partial charge in [0.05, 0.1) is 26.0 Å². The van der Waals surface area contributed by atoms with Crippen LogP contribution in [0.5, 0.6) is 17.2 Å². The Morgan fingerprint density at radius 1 is 0.935 bits per heavy atom. The van der Waals surface area contributed by atoms with Gasteiger partial charge in [0.25, 0.3) is 0 Å². The predicted molar refractivity (Wildman–Crippen MR) is 121 cm³/mol. The summed E-state index contributed by atoms with van der Waals surface area (Å²) in [6, 6.07) is 20.8. The van der Waals surface area contributed by atoms with Crippen LogP contribution in [0.4, 0.5) is 0 Å². The molecule has 2 aliphatic rings. The van der Waals surface area contributed by atoms with E-state index in [1.807, 2.05) is 30.3 Å². The van der Waals surface area contributed by atoms with Gasteiger partial charge in [0.2, 0.25) is 6.23 Å². The first-order valence-electron chi connectivity index (χ1n) is 10.5. The fourth-order valence-corrected chi connectivity index (χ4v) is 4.56. The maximum Gasteiger partial charge on any atom is 0.214 e. The fraction of sp³-hybridized carbons (Fsp3) is 0.269. The highest BCUT2D eigenvalue weighted by molar-refractivity contribution is 6.03. The second-order valence-electron chi connectivity index (χ2n) is 8.09. The number of methoxy groups -OCH3 is 2. The molecule has 0 bridgehead atoms. The third kappa shape index (κ3) is 3.30. The van der Waals surface area contributed by atoms with Gasteiger partial charge in [0.1, 0.15) is 5.75 Å². The summed E-state index contributed by atoms with van der Waals surface area (Å²) in [7, 11) is 3.29. The zero-order chi connectivity index (χ0) is 21.5. The largest absolute Gasteiger partial charge is 0.493 e. The van der Waals surface area contributed by atoms with Crippen LogP contribution in [0, 0.1) is 13.8 Å². The predicted octanol–water partition coefficient (Wildman–Crippen LogP) is 5.56. The number of fused-ring (bicyclic) bond motifs is 3. The van der Waals surface area contributed by atoms with Gasteiger partial charge in [-0.05, 0) is 43.7 Å². The quantitative estimate of drug-likeness (QED) is 0.560. The van der Waals surface area contributed by atoms with Crippen molar-refractivity contribution in [3.05, 3.63) is 88.5 Å². The average molecular weight is 415 g/mol. The third-order valence-corrected chi connectivity index (χ3v) is 6.08. The first kappa shape index (κ1) is 19.5. The minimum Gasteiger partial charge on any atom is -0.493 e. The number of aryl methyl sites for hydroxylation is 2. The van der Waals surface area contributed by atoms with Crippen LogP contribution >= 0.6 is 0 Å². The molecule has 0 amide bonds. The zero-order valence-electron chi connectivity index (χ0n) is 18.3. The Bertz CT molecular complexity index is 1170. The van der Waals surface area contributed by atoms with Gasteiger partial charge in [-0.1, -0.05) is 42.0 Å². The van der Waals surface area contributed by atoms with E-state index in [1.165, 1.54) is 22.3 Å². The van der Waals surface area contributed by atoms with Crippen LogP contribution < -0.4 is 14.2 Å². The van der Waals surface area contributed by atoms with Crippen LogP contribution in [-0.2, 0) is 0 Å². The van der Waals surface area contributed by atoms with Crippen molar-refractivity contribution in [1.82, 2.24) is 5.01 Å². The minimum atomic E-state index is -0.344. The monoisotopic (exact) mass is 414 g/mol. The van der Waals surface area contributed by atoms with E-state index in [1.54, 1.807) is 14.2 Å². The molecule has 0 aliphatic carbocycles. The van der Waals surface area contributed by atoms with E-state index >= 15 is 0 Å². The highest BCUT2D eigenvalue weighted by atomic mass is 16.5. The first-order valence-corrected chi connectivity index (χ1v) is 10.5. The van der Waals surface area contributed by atoms with Gasteiger partial charge in [-0.2, -0.15) is 5.10 Å². The summed E-state index contributed by atoms with van der Waals surface area (Å²) < 4.78 is 17.4. The van der Waals surface area contributed by atoms with Crippen molar-refractivity contribution in [2.75, 3.05) is 14.2 Å². The van der Waals surface area contributed by atoms with E-state index in [-0.39, 0.29) is 12.3 Å². The molecule has 3 aromatic rings. The molecule has 2 atom stereocenters. The van der Waals surface area contributed by atoms with Gasteiger partial charge in [-0.25, -0.2) is 5.01 Å². The number of hydrazone groups is 1. The molecule has 2 heterocycles. The Morgan fingerprint density at radius 3 is 2.52 bits per heavy atom. The topological polar surface area (TPSA) is 43.3 Å². The molecule has 0 aromatic heterocycles. The lowest BCUT2D eigenvalue weighted by molar-refractivity contribution is -0.0191. The van der Waals surface area contributed by atoms with Crippen molar-refractivity contribution in [3.8, 4) is 17.2 Å². The molecular formula is C26H26N2O3.